The van der Waals surface area contributed by atoms with E-state index in [0.29, 0.717) is 90.1 Å². The number of hydrogen-bond donors (Lipinski definition) is 7. The monoisotopic (exact) mass is 1220 g/mol. The molecule has 0 aromatic rings. The Bertz CT molecular complexity index is 2050. The van der Waals surface area contributed by atoms with Crippen molar-refractivity contribution in [1.82, 2.24) is 61.7 Å². The van der Waals surface area contributed by atoms with Crippen LogP contribution < -0.4 is 37.2 Å². The van der Waals surface area contributed by atoms with Crippen LogP contribution in [0.15, 0.2) is 0 Å². The first-order valence-electron chi connectivity index (χ1n) is 30.1. The number of alkyl carbamates (subject to hydrolysis) is 1. The van der Waals surface area contributed by atoms with Crippen molar-refractivity contribution in [3.05, 3.63) is 0 Å². The van der Waals surface area contributed by atoms with Crippen LogP contribution in [0.2, 0.25) is 0 Å². The fourth-order valence-electron chi connectivity index (χ4n) is 8.43. The Morgan fingerprint density at radius 1 is 0.395 bits per heavy atom. The first-order chi connectivity index (χ1) is 40.2. The summed E-state index contributed by atoms with van der Waals surface area (Å²) in [6, 6.07) is -2.74. The Hall–Kier alpha value is -6.32. The van der Waals surface area contributed by atoms with Crippen LogP contribution in [0, 0.1) is 0 Å². The molecular formula is C59H108N12O15. The number of ether oxygens (including phenoxy) is 3. The maximum absolute atomic E-state index is 13.8. The molecule has 8 amide bonds. The maximum Gasteiger partial charge on any atom is 0.408 e. The summed E-state index contributed by atoms with van der Waals surface area (Å²) >= 11 is 0. The number of nitrogens with zero attached hydrogens (tertiary/aromatic N) is 5. The van der Waals surface area contributed by atoms with Crippen LogP contribution in [0.1, 0.15) is 151 Å². The highest BCUT2D eigenvalue weighted by Gasteiger charge is 2.27. The molecule has 0 fully saturated rings. The minimum atomic E-state index is -1.03. The van der Waals surface area contributed by atoms with E-state index < -0.39 is 89.9 Å². The molecule has 0 bridgehead atoms. The minimum absolute atomic E-state index is 0.0303. The van der Waals surface area contributed by atoms with Gasteiger partial charge in [-0.05, 0) is 156 Å². The first-order valence-corrected chi connectivity index (χ1v) is 30.1. The molecule has 0 rings (SSSR count). The quantitative estimate of drug-likeness (QED) is 0.0194. The number of likely N-dealkylation sites (N-methyl/N-ethyl adjacent to an activating group) is 4. The van der Waals surface area contributed by atoms with E-state index in [2.05, 4.69) is 37.2 Å². The zero-order valence-corrected chi connectivity index (χ0v) is 54.4. The van der Waals surface area contributed by atoms with Crippen LogP contribution in [0.5, 0.6) is 0 Å². The second-order valence-electron chi connectivity index (χ2n) is 24.6. The van der Waals surface area contributed by atoms with E-state index in [9.17, 15) is 57.5 Å². The fraction of sp³-hybridized carbons (Fsp3) is 0.797. The van der Waals surface area contributed by atoms with Gasteiger partial charge in [0.15, 0.2) is 6.61 Å². The summed E-state index contributed by atoms with van der Waals surface area (Å²) in [5.74, 6) is -4.65. The van der Waals surface area contributed by atoms with E-state index >= 15 is 0 Å². The van der Waals surface area contributed by atoms with Gasteiger partial charge in [0.1, 0.15) is 47.3 Å². The molecular weight excluding hydrogens is 1120 g/mol. The average Bonchev–Trinajstić information content (AvgIpc) is 3.57. The molecule has 0 saturated heterocycles. The molecule has 27 heteroatoms. The Labute approximate surface area is 511 Å². The molecule has 0 heterocycles. The summed E-state index contributed by atoms with van der Waals surface area (Å²) in [7, 11) is 14.2. The fourth-order valence-corrected chi connectivity index (χ4v) is 8.43. The second-order valence-corrected chi connectivity index (χ2v) is 24.6. The Balaban J connectivity index is 5.89. The van der Waals surface area contributed by atoms with Crippen LogP contribution in [-0.2, 0) is 67.0 Å². The lowest BCUT2D eigenvalue weighted by molar-refractivity contribution is -0.155. The van der Waals surface area contributed by atoms with Crippen molar-refractivity contribution in [3.63, 3.8) is 0 Å². The van der Waals surface area contributed by atoms with E-state index in [-0.39, 0.29) is 101 Å². The number of esters is 2. The van der Waals surface area contributed by atoms with Crippen molar-refractivity contribution in [2.45, 2.75) is 180 Å². The number of amides is 8. The van der Waals surface area contributed by atoms with E-state index in [4.69, 9.17) is 14.2 Å². The summed E-state index contributed by atoms with van der Waals surface area (Å²) in [6.07, 6.45) is 4.93. The predicted molar refractivity (Wildman–Crippen MR) is 325 cm³/mol. The molecule has 27 nitrogen and oxygen atoms in total. The third kappa shape index (κ3) is 45.1. The highest BCUT2D eigenvalue weighted by atomic mass is 16.6. The van der Waals surface area contributed by atoms with Gasteiger partial charge in [-0.2, -0.15) is 0 Å². The van der Waals surface area contributed by atoms with Crippen molar-refractivity contribution in [2.24, 2.45) is 0 Å². The average molecular weight is 1230 g/mol. The molecule has 0 unspecified atom stereocenters. The Morgan fingerprint density at radius 3 is 1.21 bits per heavy atom. The largest absolute Gasteiger partial charge is 0.460 e. The minimum Gasteiger partial charge on any atom is -0.460 e. The highest BCUT2D eigenvalue weighted by Crippen LogP contribution is 2.12. The number of nitrogens with one attached hydrogen (secondary N) is 7. The van der Waals surface area contributed by atoms with E-state index in [0.717, 1.165) is 0 Å². The van der Waals surface area contributed by atoms with Gasteiger partial charge in [0.05, 0.1) is 32.6 Å². The standard InChI is InChI=1S/C59H108N12O15/c1-58(2,3)85-52(78)30-34-63-56(82)47(66-57(83)86-59(4,5)6)29-21-22-31-60-50(76)42-84-53(79)37-51(77)71(35-23-32-61-54(80)45(64-48(74)40-69(11)12)27-19-15-17-25-43(72)38-67(7)8)36-24-33-62-55(81)46(65-49(75)41-70(13)14)28-20-16-18-26-44(73)39-68(9)10/h45-47H,15-42H2,1-14H3,(H,60,76)(H,61,80)(H,62,81)(H,63,82)(H,64,74)(H,65,75)(H,66,83)/t45-,46-,47-/m0/s1. The third-order valence-corrected chi connectivity index (χ3v) is 12.2. The number of unbranched alkanes of at least 4 members (excludes halogenated alkanes) is 5. The van der Waals surface area contributed by atoms with Gasteiger partial charge in [-0.3, -0.25) is 52.7 Å². The smallest absolute Gasteiger partial charge is 0.408 e. The maximum atomic E-state index is 13.8. The van der Waals surface area contributed by atoms with Crippen molar-refractivity contribution in [3.8, 4) is 0 Å². The van der Waals surface area contributed by atoms with Crippen LogP contribution in [0.25, 0.3) is 0 Å². The molecule has 86 heavy (non-hydrogen) atoms. The first kappa shape index (κ1) is 79.7. The van der Waals surface area contributed by atoms with Crippen molar-refractivity contribution in [1.29, 1.82) is 0 Å². The number of rotatable bonds is 46. The van der Waals surface area contributed by atoms with Gasteiger partial charge in [-0.25, -0.2) is 4.79 Å². The predicted octanol–water partition coefficient (Wildman–Crippen LogP) is 1.04. The highest BCUT2D eigenvalue weighted by molar-refractivity contribution is 5.95. The molecule has 0 aliphatic rings. The number of Topliss-reactive ketones (excluding diaryl/α,β-unsaturated/α-hetero) is 2. The lowest BCUT2D eigenvalue weighted by Gasteiger charge is -2.24. The van der Waals surface area contributed by atoms with Crippen LogP contribution in [0.4, 0.5) is 4.79 Å². The van der Waals surface area contributed by atoms with Gasteiger partial charge < -0.3 is 75.9 Å². The topological polar surface area (TPSA) is 333 Å². The molecule has 0 radical (unpaired) electrons. The van der Waals surface area contributed by atoms with Gasteiger partial charge >= 0.3 is 18.0 Å². The molecule has 0 aliphatic carbocycles. The van der Waals surface area contributed by atoms with Crippen LogP contribution in [0.3, 0.4) is 0 Å². The molecule has 494 valence electrons. The molecule has 0 aromatic heterocycles. The summed E-state index contributed by atoms with van der Waals surface area (Å²) in [6.45, 7) is 10.7. The van der Waals surface area contributed by atoms with E-state index in [1.807, 2.05) is 28.2 Å². The molecule has 0 saturated carbocycles. The third-order valence-electron chi connectivity index (χ3n) is 12.2. The molecule has 0 aromatic carbocycles. The zero-order valence-electron chi connectivity index (χ0n) is 54.4. The summed E-state index contributed by atoms with van der Waals surface area (Å²) < 4.78 is 15.8. The number of carbonyl (C=O) groups is 12. The van der Waals surface area contributed by atoms with E-state index in [1.54, 1.807) is 89.3 Å². The Kier molecular flexibility index (Phi) is 40.9. The molecule has 3 atom stereocenters. The van der Waals surface area contributed by atoms with Crippen LogP contribution >= 0.6 is 0 Å². The lowest BCUT2D eigenvalue weighted by atomic mass is 10.0. The van der Waals surface area contributed by atoms with E-state index in [1.165, 1.54) is 4.90 Å². The Morgan fingerprint density at radius 2 is 0.791 bits per heavy atom. The lowest BCUT2D eigenvalue weighted by Crippen LogP contribution is -2.49. The van der Waals surface area contributed by atoms with Gasteiger partial charge in [0, 0.05) is 52.1 Å². The van der Waals surface area contributed by atoms with Crippen molar-refractivity contribution in [2.75, 3.05) is 128 Å². The summed E-state index contributed by atoms with van der Waals surface area (Å²) in [5.41, 5.74) is -1.54. The molecule has 0 spiro atoms. The van der Waals surface area contributed by atoms with Crippen LogP contribution in [-0.4, -0.2) is 253 Å². The number of ketones is 2. The van der Waals surface area contributed by atoms with Crippen molar-refractivity contribution >= 4 is 70.9 Å². The summed E-state index contributed by atoms with van der Waals surface area (Å²) in [5, 5.41) is 19.1. The number of hydrogen-bond acceptors (Lipinski definition) is 19. The van der Waals surface area contributed by atoms with Crippen molar-refractivity contribution < 1.29 is 71.7 Å². The molecule has 7 N–H and O–H groups in total. The summed E-state index contributed by atoms with van der Waals surface area (Å²) in [4.78, 5) is 163. The number of carbonyl (C=O) groups excluding carboxylic acids is 12. The van der Waals surface area contributed by atoms with Gasteiger partial charge in [-0.15, -0.1) is 0 Å². The van der Waals surface area contributed by atoms with Gasteiger partial charge in [0.2, 0.25) is 35.4 Å². The zero-order chi connectivity index (χ0) is 65.4. The second kappa shape index (κ2) is 44.2. The van der Waals surface area contributed by atoms with Gasteiger partial charge in [-0.1, -0.05) is 25.7 Å². The normalized spacial score (nSPS) is 12.6. The SMILES string of the molecule is CN(C)CC(=O)CCCCC[C@H](NC(=O)CN(C)C)C(=O)NCCCN(CCCNC(=O)[C@H](CCCCCC(=O)CN(C)C)NC(=O)CN(C)C)C(=O)CC(=O)OCC(=O)NCCCC[C@H](NC(=O)OC(C)(C)C)C(=O)NCCC(=O)OC(C)(C)C. The molecule has 0 aliphatic heterocycles. The van der Waals surface area contributed by atoms with Gasteiger partial charge in [0.25, 0.3) is 5.91 Å².